The fourth-order valence-electron chi connectivity index (χ4n) is 3.21. The molecule has 0 aliphatic carbocycles. The van der Waals surface area contributed by atoms with E-state index in [4.69, 9.17) is 4.42 Å². The van der Waals surface area contributed by atoms with Crippen molar-refractivity contribution < 1.29 is 17.6 Å². The summed E-state index contributed by atoms with van der Waals surface area (Å²) in [6, 6.07) is 5.41. The summed E-state index contributed by atoms with van der Waals surface area (Å²) < 4.78 is 31.7. The molecule has 1 aromatic heterocycles. The van der Waals surface area contributed by atoms with E-state index in [-0.39, 0.29) is 18.1 Å². The number of hydrogen-bond acceptors (Lipinski definition) is 5. The summed E-state index contributed by atoms with van der Waals surface area (Å²) in [4.78, 5) is 16.4. The molecule has 0 atom stereocenters. The maximum absolute atomic E-state index is 12.3. The second-order valence-electron chi connectivity index (χ2n) is 6.67. The zero-order valence-corrected chi connectivity index (χ0v) is 15.8. The lowest BCUT2D eigenvalue weighted by atomic mass is 10.2. The number of piperidine rings is 1. The highest BCUT2D eigenvalue weighted by atomic mass is 32.2. The molecule has 1 aromatic carbocycles. The van der Waals surface area contributed by atoms with Crippen LogP contribution >= 0.6 is 0 Å². The molecule has 3 rings (SSSR count). The van der Waals surface area contributed by atoms with Crippen molar-refractivity contribution in [2.75, 3.05) is 24.2 Å². The van der Waals surface area contributed by atoms with Crippen LogP contribution in [0.25, 0.3) is 11.1 Å². The van der Waals surface area contributed by atoms with Crippen molar-refractivity contribution in [2.24, 2.45) is 0 Å². The average Bonchev–Trinajstić information content (AvgIpc) is 3.01. The van der Waals surface area contributed by atoms with Crippen LogP contribution in [0.5, 0.6) is 0 Å². The zero-order chi connectivity index (χ0) is 18.6. The molecule has 1 saturated heterocycles. The van der Waals surface area contributed by atoms with Crippen molar-refractivity contribution in [2.45, 2.75) is 45.4 Å². The number of fused-ring (bicyclic) bond motifs is 1. The third-order valence-corrected chi connectivity index (χ3v) is 6.52. The highest BCUT2D eigenvalue weighted by Gasteiger charge is 2.23. The number of nitrogens with zero attached hydrogens (tertiary/aromatic N) is 2. The number of unbranched alkanes of at least 4 members (excludes halogenated alkanes) is 1. The van der Waals surface area contributed by atoms with Crippen molar-refractivity contribution in [3.63, 3.8) is 0 Å². The summed E-state index contributed by atoms with van der Waals surface area (Å²) in [5, 5.41) is 2.83. The fraction of sp³-hybridized carbons (Fsp3) is 0.556. The van der Waals surface area contributed by atoms with Gasteiger partial charge in [-0.1, -0.05) is 12.5 Å². The SMILES string of the molecule is Cc1nc2cccc(NC(=O)CCCCS(=O)(=O)N3CCCCC3)c2o1. The Morgan fingerprint density at radius 1 is 1.23 bits per heavy atom. The molecule has 0 bridgehead atoms. The lowest BCUT2D eigenvalue weighted by molar-refractivity contribution is -0.116. The molecular formula is C18H25N3O4S. The Morgan fingerprint density at radius 2 is 2.00 bits per heavy atom. The molecule has 1 fully saturated rings. The second-order valence-corrected chi connectivity index (χ2v) is 8.76. The lowest BCUT2D eigenvalue weighted by Crippen LogP contribution is -2.37. The van der Waals surface area contributed by atoms with E-state index < -0.39 is 10.0 Å². The monoisotopic (exact) mass is 379 g/mol. The summed E-state index contributed by atoms with van der Waals surface area (Å²) in [6.07, 6.45) is 4.27. The minimum Gasteiger partial charge on any atom is -0.439 e. The van der Waals surface area contributed by atoms with Crippen molar-refractivity contribution in [3.05, 3.63) is 24.1 Å². The first-order valence-electron chi connectivity index (χ1n) is 9.09. The van der Waals surface area contributed by atoms with Gasteiger partial charge in [0, 0.05) is 26.4 Å². The molecule has 142 valence electrons. The molecule has 1 N–H and O–H groups in total. The van der Waals surface area contributed by atoms with E-state index in [1.54, 1.807) is 17.3 Å². The Labute approximate surface area is 153 Å². The Hall–Kier alpha value is -1.93. The number of rotatable bonds is 7. The molecule has 7 nitrogen and oxygen atoms in total. The number of carbonyl (C=O) groups excluding carboxylic acids is 1. The molecule has 8 heteroatoms. The maximum Gasteiger partial charge on any atom is 0.224 e. The van der Waals surface area contributed by atoms with Gasteiger partial charge in [-0.05, 0) is 37.8 Å². The first-order valence-corrected chi connectivity index (χ1v) is 10.7. The van der Waals surface area contributed by atoms with Crippen LogP contribution in [0.15, 0.2) is 22.6 Å². The summed E-state index contributed by atoms with van der Waals surface area (Å²) in [6.45, 7) is 3.02. The predicted molar refractivity (Wildman–Crippen MR) is 100 cm³/mol. The lowest BCUT2D eigenvalue weighted by Gasteiger charge is -2.25. The van der Waals surface area contributed by atoms with Gasteiger partial charge >= 0.3 is 0 Å². The molecule has 0 unspecified atom stereocenters. The minimum absolute atomic E-state index is 0.108. The largest absolute Gasteiger partial charge is 0.439 e. The standard InChI is InChI=1S/C18H25N3O4S/c1-14-19-15-8-7-9-16(18(15)25-14)20-17(22)10-3-6-13-26(23,24)21-11-4-2-5-12-21/h7-9H,2-6,10-13H2,1H3,(H,20,22). The van der Waals surface area contributed by atoms with E-state index in [0.717, 1.165) is 19.3 Å². The number of carbonyl (C=O) groups is 1. The molecule has 1 aliphatic rings. The van der Waals surface area contributed by atoms with E-state index >= 15 is 0 Å². The van der Waals surface area contributed by atoms with E-state index in [9.17, 15) is 13.2 Å². The van der Waals surface area contributed by atoms with Crippen LogP contribution in [-0.4, -0.2) is 42.5 Å². The van der Waals surface area contributed by atoms with Crippen LogP contribution in [0.4, 0.5) is 5.69 Å². The summed E-state index contributed by atoms with van der Waals surface area (Å²) in [5.74, 6) is 0.503. The molecule has 2 aromatic rings. The number of para-hydroxylation sites is 1. The van der Waals surface area contributed by atoms with Gasteiger partial charge in [0.25, 0.3) is 0 Å². The first-order chi connectivity index (χ1) is 12.5. The fourth-order valence-corrected chi connectivity index (χ4v) is 4.86. The number of sulfonamides is 1. The number of benzene rings is 1. The number of anilines is 1. The van der Waals surface area contributed by atoms with Gasteiger partial charge in [0.2, 0.25) is 15.9 Å². The van der Waals surface area contributed by atoms with E-state index in [0.29, 0.717) is 48.6 Å². The molecule has 2 heterocycles. The van der Waals surface area contributed by atoms with Crippen LogP contribution in [0, 0.1) is 6.92 Å². The number of aromatic nitrogens is 1. The van der Waals surface area contributed by atoms with E-state index in [1.807, 2.05) is 12.1 Å². The molecular weight excluding hydrogens is 354 g/mol. The molecule has 1 amide bonds. The van der Waals surface area contributed by atoms with E-state index in [1.165, 1.54) is 0 Å². The zero-order valence-electron chi connectivity index (χ0n) is 15.0. The van der Waals surface area contributed by atoms with Crippen molar-refractivity contribution in [3.8, 4) is 0 Å². The van der Waals surface area contributed by atoms with Gasteiger partial charge < -0.3 is 9.73 Å². The number of nitrogens with one attached hydrogen (secondary N) is 1. The van der Waals surface area contributed by atoms with Gasteiger partial charge in [0.05, 0.1) is 11.4 Å². The van der Waals surface area contributed by atoms with E-state index in [2.05, 4.69) is 10.3 Å². The Bertz CT molecular complexity index is 870. The first kappa shape index (κ1) is 18.8. The molecule has 0 radical (unpaired) electrons. The third-order valence-electron chi connectivity index (χ3n) is 4.56. The number of amides is 1. The van der Waals surface area contributed by atoms with Gasteiger partial charge in [0.1, 0.15) is 5.52 Å². The topological polar surface area (TPSA) is 92.5 Å². The van der Waals surface area contributed by atoms with Crippen molar-refractivity contribution >= 4 is 32.7 Å². The summed E-state index contributed by atoms with van der Waals surface area (Å²) in [5.41, 5.74) is 1.85. The summed E-state index contributed by atoms with van der Waals surface area (Å²) in [7, 11) is -3.19. The molecule has 0 spiro atoms. The quantitative estimate of drug-likeness (QED) is 0.747. The maximum atomic E-state index is 12.3. The van der Waals surface area contributed by atoms with Crippen molar-refractivity contribution in [1.29, 1.82) is 0 Å². The third kappa shape index (κ3) is 4.62. The summed E-state index contributed by atoms with van der Waals surface area (Å²) >= 11 is 0. The van der Waals surface area contributed by atoms with Crippen LogP contribution < -0.4 is 5.32 Å². The van der Waals surface area contributed by atoms with Crippen LogP contribution in [-0.2, 0) is 14.8 Å². The Morgan fingerprint density at radius 3 is 2.77 bits per heavy atom. The Kier molecular flexibility index (Phi) is 5.93. The Balaban J connectivity index is 1.47. The van der Waals surface area contributed by atoms with Crippen LogP contribution in [0.1, 0.15) is 44.4 Å². The molecule has 1 aliphatic heterocycles. The second kappa shape index (κ2) is 8.18. The highest BCUT2D eigenvalue weighted by molar-refractivity contribution is 7.89. The van der Waals surface area contributed by atoms with Gasteiger partial charge in [-0.3, -0.25) is 4.79 Å². The smallest absolute Gasteiger partial charge is 0.224 e. The number of hydrogen-bond donors (Lipinski definition) is 1. The molecule has 26 heavy (non-hydrogen) atoms. The van der Waals surface area contributed by atoms with Crippen molar-refractivity contribution in [1.82, 2.24) is 9.29 Å². The van der Waals surface area contributed by atoms with Crippen LogP contribution in [0.2, 0.25) is 0 Å². The van der Waals surface area contributed by atoms with Gasteiger partial charge in [-0.2, -0.15) is 0 Å². The molecule has 0 saturated carbocycles. The number of aryl methyl sites for hydroxylation is 1. The average molecular weight is 379 g/mol. The highest BCUT2D eigenvalue weighted by Crippen LogP contribution is 2.24. The minimum atomic E-state index is -3.19. The van der Waals surface area contributed by atoms with Gasteiger partial charge in [0.15, 0.2) is 11.5 Å². The van der Waals surface area contributed by atoms with Gasteiger partial charge in [-0.25, -0.2) is 17.7 Å². The normalized spacial score (nSPS) is 16.0. The number of oxazole rings is 1. The predicted octanol–water partition coefficient (Wildman–Crippen LogP) is 3.06. The van der Waals surface area contributed by atoms with Crippen LogP contribution in [0.3, 0.4) is 0 Å². The van der Waals surface area contributed by atoms with Gasteiger partial charge in [-0.15, -0.1) is 0 Å².